The number of hydrogen-bond donors (Lipinski definition) is 2. The monoisotopic (exact) mass is 259 g/mol. The van der Waals surface area contributed by atoms with Gasteiger partial charge in [0.15, 0.2) is 0 Å². The standard InChI is InChI=1S/C11H15Cl2N3/c12-9-2-1-3-10(11(9)13)15-8-16-6-4-14-5-7-16/h1-3,14-15H,4-8H2. The Balaban J connectivity index is 1.91. The van der Waals surface area contributed by atoms with Crippen LogP contribution in [-0.2, 0) is 0 Å². The van der Waals surface area contributed by atoms with Crippen LogP contribution in [0.25, 0.3) is 0 Å². The first-order chi connectivity index (χ1) is 7.77. The normalized spacial score (nSPS) is 17.4. The first-order valence-electron chi connectivity index (χ1n) is 5.38. The van der Waals surface area contributed by atoms with Crippen molar-refractivity contribution in [2.75, 3.05) is 38.2 Å². The van der Waals surface area contributed by atoms with Crippen molar-refractivity contribution >= 4 is 28.9 Å². The van der Waals surface area contributed by atoms with E-state index in [0.29, 0.717) is 10.0 Å². The molecule has 0 atom stereocenters. The van der Waals surface area contributed by atoms with Crippen molar-refractivity contribution in [3.05, 3.63) is 28.2 Å². The second-order valence-electron chi connectivity index (χ2n) is 3.80. The highest BCUT2D eigenvalue weighted by molar-refractivity contribution is 6.43. The zero-order valence-electron chi connectivity index (χ0n) is 8.97. The molecule has 0 unspecified atom stereocenters. The van der Waals surface area contributed by atoms with Crippen LogP contribution >= 0.6 is 23.2 Å². The molecular weight excluding hydrogens is 245 g/mol. The molecule has 0 aliphatic carbocycles. The summed E-state index contributed by atoms with van der Waals surface area (Å²) in [6, 6.07) is 5.63. The third-order valence-electron chi connectivity index (χ3n) is 2.65. The van der Waals surface area contributed by atoms with Gasteiger partial charge in [-0.2, -0.15) is 0 Å². The Hall–Kier alpha value is -0.480. The van der Waals surface area contributed by atoms with Gasteiger partial charge >= 0.3 is 0 Å². The molecule has 1 aliphatic rings. The highest BCUT2D eigenvalue weighted by Gasteiger charge is 2.10. The predicted octanol–water partition coefficient (Wildman–Crippen LogP) is 2.27. The molecular formula is C11H15Cl2N3. The van der Waals surface area contributed by atoms with Crippen molar-refractivity contribution in [3.8, 4) is 0 Å². The molecule has 2 rings (SSSR count). The smallest absolute Gasteiger partial charge is 0.0823 e. The van der Waals surface area contributed by atoms with Gasteiger partial charge in [-0.05, 0) is 12.1 Å². The molecule has 0 amide bonds. The largest absolute Gasteiger partial charge is 0.371 e. The molecule has 0 aromatic heterocycles. The Morgan fingerprint density at radius 3 is 2.75 bits per heavy atom. The summed E-state index contributed by atoms with van der Waals surface area (Å²) >= 11 is 12.0. The topological polar surface area (TPSA) is 27.3 Å². The lowest BCUT2D eigenvalue weighted by Crippen LogP contribution is -2.45. The molecule has 0 saturated carbocycles. The fourth-order valence-electron chi connectivity index (χ4n) is 1.71. The minimum atomic E-state index is 0.590. The summed E-state index contributed by atoms with van der Waals surface area (Å²) in [6.45, 7) is 5.02. The van der Waals surface area contributed by atoms with Crippen molar-refractivity contribution in [2.24, 2.45) is 0 Å². The number of piperazine rings is 1. The molecule has 1 aromatic rings. The van der Waals surface area contributed by atoms with Crippen LogP contribution in [0.5, 0.6) is 0 Å². The van der Waals surface area contributed by atoms with Gasteiger partial charge in [0.05, 0.1) is 22.4 Å². The number of hydrogen-bond acceptors (Lipinski definition) is 3. The zero-order valence-corrected chi connectivity index (χ0v) is 10.5. The van der Waals surface area contributed by atoms with Crippen molar-refractivity contribution in [2.45, 2.75) is 0 Å². The van der Waals surface area contributed by atoms with Crippen LogP contribution in [0.1, 0.15) is 0 Å². The van der Waals surface area contributed by atoms with E-state index in [1.54, 1.807) is 6.07 Å². The minimum absolute atomic E-state index is 0.590. The van der Waals surface area contributed by atoms with Crippen LogP contribution in [0.4, 0.5) is 5.69 Å². The number of nitrogens with one attached hydrogen (secondary N) is 2. The molecule has 88 valence electrons. The third-order valence-corrected chi connectivity index (χ3v) is 3.47. The third kappa shape index (κ3) is 3.01. The van der Waals surface area contributed by atoms with E-state index in [0.717, 1.165) is 38.5 Å². The van der Waals surface area contributed by atoms with Crippen LogP contribution in [-0.4, -0.2) is 37.7 Å². The maximum absolute atomic E-state index is 6.09. The van der Waals surface area contributed by atoms with E-state index in [1.807, 2.05) is 12.1 Å². The number of nitrogens with zero attached hydrogens (tertiary/aromatic N) is 1. The average molecular weight is 260 g/mol. The van der Waals surface area contributed by atoms with Gasteiger partial charge in [0, 0.05) is 26.2 Å². The first kappa shape index (κ1) is 12.0. The van der Waals surface area contributed by atoms with Crippen LogP contribution in [0.15, 0.2) is 18.2 Å². The molecule has 3 nitrogen and oxygen atoms in total. The molecule has 1 fully saturated rings. The number of halogens is 2. The van der Waals surface area contributed by atoms with Gasteiger partial charge in [-0.15, -0.1) is 0 Å². The number of benzene rings is 1. The van der Waals surface area contributed by atoms with Crippen LogP contribution in [0.2, 0.25) is 10.0 Å². The van der Waals surface area contributed by atoms with Gasteiger partial charge in [0.2, 0.25) is 0 Å². The van der Waals surface area contributed by atoms with Crippen LogP contribution in [0.3, 0.4) is 0 Å². The van der Waals surface area contributed by atoms with E-state index in [4.69, 9.17) is 23.2 Å². The van der Waals surface area contributed by atoms with Crippen molar-refractivity contribution in [1.82, 2.24) is 10.2 Å². The molecule has 1 aromatic carbocycles. The Morgan fingerprint density at radius 2 is 2.00 bits per heavy atom. The molecule has 5 heteroatoms. The SMILES string of the molecule is Clc1cccc(NCN2CCNCC2)c1Cl. The van der Waals surface area contributed by atoms with E-state index in [2.05, 4.69) is 15.5 Å². The summed E-state index contributed by atoms with van der Waals surface area (Å²) in [5, 5.41) is 7.81. The zero-order chi connectivity index (χ0) is 11.4. The summed E-state index contributed by atoms with van der Waals surface area (Å²) in [5.74, 6) is 0. The van der Waals surface area contributed by atoms with Gasteiger partial charge < -0.3 is 10.6 Å². The van der Waals surface area contributed by atoms with Crippen molar-refractivity contribution < 1.29 is 0 Å². The van der Waals surface area contributed by atoms with E-state index in [1.165, 1.54) is 0 Å². The van der Waals surface area contributed by atoms with Gasteiger partial charge in [-0.1, -0.05) is 29.3 Å². The molecule has 16 heavy (non-hydrogen) atoms. The summed E-state index contributed by atoms with van der Waals surface area (Å²) in [5.41, 5.74) is 0.896. The van der Waals surface area contributed by atoms with Crippen LogP contribution < -0.4 is 10.6 Å². The first-order valence-corrected chi connectivity index (χ1v) is 6.14. The summed E-state index contributed by atoms with van der Waals surface area (Å²) in [4.78, 5) is 2.34. The molecule has 1 saturated heterocycles. The van der Waals surface area contributed by atoms with Crippen molar-refractivity contribution in [1.29, 1.82) is 0 Å². The maximum Gasteiger partial charge on any atom is 0.0823 e. The summed E-state index contributed by atoms with van der Waals surface area (Å²) < 4.78 is 0. The maximum atomic E-state index is 6.09. The lowest BCUT2D eigenvalue weighted by molar-refractivity contribution is 0.256. The summed E-state index contributed by atoms with van der Waals surface area (Å²) in [7, 11) is 0. The molecule has 0 bridgehead atoms. The van der Waals surface area contributed by atoms with Gasteiger partial charge in [-0.3, -0.25) is 4.90 Å². The quantitative estimate of drug-likeness (QED) is 0.873. The molecule has 0 spiro atoms. The van der Waals surface area contributed by atoms with E-state index in [-0.39, 0.29) is 0 Å². The Kier molecular flexibility index (Phi) is 4.29. The summed E-state index contributed by atoms with van der Waals surface area (Å²) in [6.07, 6.45) is 0. The van der Waals surface area contributed by atoms with Crippen molar-refractivity contribution in [3.63, 3.8) is 0 Å². The second-order valence-corrected chi connectivity index (χ2v) is 4.59. The Labute approximate surface area is 106 Å². The lowest BCUT2D eigenvalue weighted by Gasteiger charge is -2.27. The fraction of sp³-hybridized carbons (Fsp3) is 0.455. The second kappa shape index (κ2) is 5.73. The highest BCUT2D eigenvalue weighted by Crippen LogP contribution is 2.29. The van der Waals surface area contributed by atoms with Gasteiger partial charge in [0.25, 0.3) is 0 Å². The van der Waals surface area contributed by atoms with E-state index >= 15 is 0 Å². The van der Waals surface area contributed by atoms with E-state index < -0.39 is 0 Å². The predicted molar refractivity (Wildman–Crippen MR) is 69.4 cm³/mol. The molecule has 2 N–H and O–H groups in total. The number of rotatable bonds is 3. The Morgan fingerprint density at radius 1 is 1.25 bits per heavy atom. The fourth-order valence-corrected chi connectivity index (χ4v) is 2.07. The molecule has 1 heterocycles. The average Bonchev–Trinajstić information content (AvgIpc) is 2.32. The van der Waals surface area contributed by atoms with Gasteiger partial charge in [-0.25, -0.2) is 0 Å². The minimum Gasteiger partial charge on any atom is -0.371 e. The number of anilines is 1. The molecule has 1 aliphatic heterocycles. The molecule has 0 radical (unpaired) electrons. The van der Waals surface area contributed by atoms with E-state index in [9.17, 15) is 0 Å². The van der Waals surface area contributed by atoms with Crippen LogP contribution in [0, 0.1) is 0 Å². The lowest BCUT2D eigenvalue weighted by atomic mass is 10.3. The van der Waals surface area contributed by atoms with Gasteiger partial charge in [0.1, 0.15) is 0 Å². The highest BCUT2D eigenvalue weighted by atomic mass is 35.5. The Bertz CT molecular complexity index is 351.